The van der Waals surface area contributed by atoms with Crippen LogP contribution in [0.5, 0.6) is 11.6 Å². The van der Waals surface area contributed by atoms with Crippen molar-refractivity contribution < 1.29 is 29.7 Å². The maximum atomic E-state index is 12.9. The number of hydrogen-bond acceptors (Lipinski definition) is 6. The van der Waals surface area contributed by atoms with E-state index in [9.17, 15) is 29.4 Å². The molecule has 0 aliphatic heterocycles. The van der Waals surface area contributed by atoms with Crippen molar-refractivity contribution in [1.82, 2.24) is 15.2 Å². The maximum Gasteiger partial charge on any atom is 0.322 e. The van der Waals surface area contributed by atoms with Crippen LogP contribution in [0.4, 0.5) is 0 Å². The Morgan fingerprint density at radius 2 is 1.68 bits per heavy atom. The smallest absolute Gasteiger partial charge is 0.322 e. The van der Waals surface area contributed by atoms with Crippen molar-refractivity contribution >= 4 is 17.8 Å². The molecular formula is C18H25N3O7. The van der Waals surface area contributed by atoms with E-state index in [1.165, 1.54) is 0 Å². The number of carbonyl (C=O) groups excluding carboxylic acids is 2. The lowest BCUT2D eigenvalue weighted by atomic mass is 10.1. The van der Waals surface area contributed by atoms with Crippen LogP contribution in [0.1, 0.15) is 72.2 Å². The normalized spacial score (nSPS) is 14.0. The van der Waals surface area contributed by atoms with E-state index in [0.29, 0.717) is 19.3 Å². The number of nitrogens with one attached hydrogen (secondary N) is 2. The third-order valence-corrected chi connectivity index (χ3v) is 4.72. The Kier molecular flexibility index (Phi) is 7.02. The molecule has 0 spiro atoms. The molecule has 0 aromatic carbocycles. The maximum absolute atomic E-state index is 12.9. The number of aromatic nitrogens is 1. The van der Waals surface area contributed by atoms with Gasteiger partial charge in [-0.25, -0.2) is 0 Å². The molecule has 1 aromatic rings. The quantitative estimate of drug-likeness (QED) is 0.406. The summed E-state index contributed by atoms with van der Waals surface area (Å²) in [6.07, 6.45) is 4.24. The minimum Gasteiger partial charge on any atom is -0.506 e. The van der Waals surface area contributed by atoms with E-state index >= 15 is 0 Å². The number of carbonyl (C=O) groups is 3. The van der Waals surface area contributed by atoms with Crippen LogP contribution in [-0.2, 0) is 4.79 Å². The van der Waals surface area contributed by atoms with Crippen LogP contribution in [0.15, 0.2) is 4.79 Å². The van der Waals surface area contributed by atoms with E-state index in [1.54, 1.807) is 0 Å². The van der Waals surface area contributed by atoms with E-state index in [-0.39, 0.29) is 6.54 Å². The first kappa shape index (κ1) is 21.3. The molecule has 2 amide bonds. The summed E-state index contributed by atoms with van der Waals surface area (Å²) in [5.41, 5.74) is -2.21. The Labute approximate surface area is 161 Å². The molecule has 1 fully saturated rings. The summed E-state index contributed by atoms with van der Waals surface area (Å²) in [7, 11) is 0. The van der Waals surface area contributed by atoms with E-state index in [1.807, 2.05) is 12.2 Å². The van der Waals surface area contributed by atoms with Gasteiger partial charge in [0, 0.05) is 12.6 Å². The second kappa shape index (κ2) is 9.25. The first-order valence-corrected chi connectivity index (χ1v) is 9.28. The Morgan fingerprint density at radius 1 is 1.07 bits per heavy atom. The van der Waals surface area contributed by atoms with Gasteiger partial charge in [-0.1, -0.05) is 26.2 Å². The van der Waals surface area contributed by atoms with Crippen molar-refractivity contribution in [2.45, 2.75) is 51.5 Å². The second-order valence-corrected chi connectivity index (χ2v) is 6.72. The molecule has 0 saturated heterocycles. The first-order valence-electron chi connectivity index (χ1n) is 9.28. The molecule has 1 aromatic heterocycles. The fourth-order valence-electron chi connectivity index (χ4n) is 3.30. The Morgan fingerprint density at radius 3 is 2.25 bits per heavy atom. The molecule has 2 rings (SSSR count). The molecule has 0 atom stereocenters. The Balaban J connectivity index is 2.56. The minimum absolute atomic E-state index is 0.277. The Hall–Kier alpha value is -3.04. The van der Waals surface area contributed by atoms with Crippen LogP contribution < -0.4 is 16.2 Å². The lowest BCUT2D eigenvalue weighted by Gasteiger charge is -2.20. The first-order chi connectivity index (χ1) is 13.3. The van der Waals surface area contributed by atoms with Crippen molar-refractivity contribution in [1.29, 1.82) is 0 Å². The van der Waals surface area contributed by atoms with Crippen LogP contribution in [0.3, 0.4) is 0 Å². The summed E-state index contributed by atoms with van der Waals surface area (Å²) < 4.78 is 0.955. The van der Waals surface area contributed by atoms with Crippen molar-refractivity contribution in [3.8, 4) is 11.6 Å². The molecule has 0 bridgehead atoms. The van der Waals surface area contributed by atoms with E-state index < -0.39 is 58.7 Å². The zero-order valence-corrected chi connectivity index (χ0v) is 15.7. The van der Waals surface area contributed by atoms with Crippen LogP contribution in [0.25, 0.3) is 0 Å². The number of carboxylic acids is 1. The van der Waals surface area contributed by atoms with E-state index in [2.05, 4.69) is 5.32 Å². The molecule has 1 heterocycles. The van der Waals surface area contributed by atoms with Crippen molar-refractivity contribution in [3.05, 3.63) is 21.5 Å². The zero-order chi connectivity index (χ0) is 20.8. The average Bonchev–Trinajstić information content (AvgIpc) is 3.14. The van der Waals surface area contributed by atoms with Crippen molar-refractivity contribution in [2.24, 2.45) is 0 Å². The van der Waals surface area contributed by atoms with Gasteiger partial charge < -0.3 is 26.0 Å². The summed E-state index contributed by atoms with van der Waals surface area (Å²) in [4.78, 5) is 48.4. The molecular weight excluding hydrogens is 370 g/mol. The van der Waals surface area contributed by atoms with Crippen molar-refractivity contribution in [2.75, 3.05) is 13.1 Å². The molecule has 10 nitrogen and oxygen atoms in total. The molecule has 1 saturated carbocycles. The molecule has 10 heteroatoms. The Bertz CT molecular complexity index is 825. The van der Waals surface area contributed by atoms with Crippen LogP contribution in [0, 0.1) is 0 Å². The summed E-state index contributed by atoms with van der Waals surface area (Å²) >= 11 is 0. The number of pyridine rings is 1. The fourth-order valence-corrected chi connectivity index (χ4v) is 3.30. The summed E-state index contributed by atoms with van der Waals surface area (Å²) in [5.74, 6) is -5.01. The molecule has 1 aliphatic rings. The number of amides is 2. The summed E-state index contributed by atoms with van der Waals surface area (Å²) in [6.45, 7) is 1.44. The second-order valence-electron chi connectivity index (χ2n) is 6.72. The topological polar surface area (TPSA) is 158 Å². The van der Waals surface area contributed by atoms with Crippen LogP contribution in [-0.4, -0.2) is 50.8 Å². The highest BCUT2D eigenvalue weighted by Crippen LogP contribution is 2.36. The predicted octanol–water partition coefficient (Wildman–Crippen LogP) is 0.719. The number of nitrogens with zero attached hydrogens (tertiary/aromatic N) is 1. The molecule has 0 unspecified atom stereocenters. The molecule has 5 N–H and O–H groups in total. The fraction of sp³-hybridized carbons (Fsp3) is 0.556. The number of carboxylic acid groups (broad SMARTS) is 1. The highest BCUT2D eigenvalue weighted by Gasteiger charge is 2.33. The van der Waals surface area contributed by atoms with Gasteiger partial charge in [0.15, 0.2) is 5.75 Å². The van der Waals surface area contributed by atoms with Gasteiger partial charge in [0.25, 0.3) is 17.4 Å². The van der Waals surface area contributed by atoms with Gasteiger partial charge >= 0.3 is 5.97 Å². The van der Waals surface area contributed by atoms with Crippen molar-refractivity contribution in [3.63, 3.8) is 0 Å². The highest BCUT2D eigenvalue weighted by atomic mass is 16.4. The SMILES string of the molecule is CCCCNC(=O)c1c(O)c(C(=O)NCC(=O)O)c(O)n(C2CCCC2)c1=O. The monoisotopic (exact) mass is 395 g/mol. The summed E-state index contributed by atoms with van der Waals surface area (Å²) in [5, 5.41) is 34.2. The minimum atomic E-state index is -1.33. The van der Waals surface area contributed by atoms with Crippen LogP contribution in [0.2, 0.25) is 0 Å². The van der Waals surface area contributed by atoms with Gasteiger partial charge in [-0.3, -0.25) is 23.7 Å². The summed E-state index contributed by atoms with van der Waals surface area (Å²) in [6, 6.07) is -0.415. The van der Waals surface area contributed by atoms with E-state index in [4.69, 9.17) is 5.11 Å². The zero-order valence-electron chi connectivity index (χ0n) is 15.7. The largest absolute Gasteiger partial charge is 0.506 e. The van der Waals surface area contributed by atoms with Gasteiger partial charge in [-0.2, -0.15) is 0 Å². The lowest BCUT2D eigenvalue weighted by Crippen LogP contribution is -2.37. The number of aromatic hydroxyl groups is 2. The number of rotatable bonds is 8. The van der Waals surface area contributed by atoms with E-state index in [0.717, 1.165) is 23.8 Å². The van der Waals surface area contributed by atoms with Gasteiger partial charge in [-0.05, 0) is 19.3 Å². The van der Waals surface area contributed by atoms with Crippen LogP contribution >= 0.6 is 0 Å². The average molecular weight is 395 g/mol. The number of unbranched alkanes of at least 4 members (excludes halogenated alkanes) is 1. The lowest BCUT2D eigenvalue weighted by molar-refractivity contribution is -0.135. The van der Waals surface area contributed by atoms with Gasteiger partial charge in [-0.15, -0.1) is 0 Å². The third-order valence-electron chi connectivity index (χ3n) is 4.72. The number of aliphatic carboxylic acids is 1. The standard InChI is InChI=1S/C18H25N3O7/c1-2-3-8-19-15(25)12-14(24)13(16(26)20-9-11(22)23)18(28)21(17(12)27)10-6-4-5-7-10/h10,24,28H,2-9H2,1H3,(H,19,25)(H,20,26)(H,22,23). The van der Waals surface area contributed by atoms with Gasteiger partial charge in [0.2, 0.25) is 5.88 Å². The molecule has 28 heavy (non-hydrogen) atoms. The molecule has 0 radical (unpaired) electrons. The molecule has 154 valence electrons. The third kappa shape index (κ3) is 4.44. The van der Waals surface area contributed by atoms with Gasteiger partial charge in [0.05, 0.1) is 0 Å². The predicted molar refractivity (Wildman–Crippen MR) is 98.7 cm³/mol. The van der Waals surface area contributed by atoms with Gasteiger partial charge in [0.1, 0.15) is 17.7 Å². The molecule has 1 aliphatic carbocycles. The number of hydrogen-bond donors (Lipinski definition) is 5. The highest BCUT2D eigenvalue weighted by molar-refractivity contribution is 6.05.